The number of anilines is 1. The molecular weight excluding hydrogens is 424 g/mol. The number of sulfonamides is 1. The summed E-state index contributed by atoms with van der Waals surface area (Å²) in [5.41, 5.74) is 3.63. The lowest BCUT2D eigenvalue weighted by Crippen LogP contribution is -2.25. The second-order valence-electron chi connectivity index (χ2n) is 7.54. The van der Waals surface area contributed by atoms with Crippen LogP contribution < -0.4 is 14.8 Å². The van der Waals surface area contributed by atoms with Gasteiger partial charge in [-0.3, -0.25) is 9.52 Å². The van der Waals surface area contributed by atoms with E-state index in [0.29, 0.717) is 11.4 Å². The van der Waals surface area contributed by atoms with Gasteiger partial charge < -0.3 is 10.1 Å². The normalized spacial score (nSPS) is 15.3. The number of fused-ring (bicyclic) bond motifs is 1. The van der Waals surface area contributed by atoms with Gasteiger partial charge in [0.05, 0.1) is 18.0 Å². The first kappa shape index (κ1) is 21.6. The highest BCUT2D eigenvalue weighted by atomic mass is 32.2. The molecule has 1 aliphatic rings. The molecule has 0 radical (unpaired) electrons. The smallest absolute Gasteiger partial charge is 0.261 e. The molecule has 0 heterocycles. The van der Waals surface area contributed by atoms with E-state index in [9.17, 15) is 13.2 Å². The van der Waals surface area contributed by atoms with Crippen molar-refractivity contribution in [2.45, 2.75) is 23.8 Å². The predicted octanol–water partition coefficient (Wildman–Crippen LogP) is 4.31. The fourth-order valence-electron chi connectivity index (χ4n) is 3.73. The number of rotatable bonds is 7. The van der Waals surface area contributed by atoms with Crippen LogP contribution in [0.1, 0.15) is 29.2 Å². The molecule has 3 aromatic rings. The minimum absolute atomic E-state index is 0.0277. The van der Waals surface area contributed by atoms with Crippen LogP contribution in [-0.2, 0) is 21.2 Å². The zero-order chi connectivity index (χ0) is 22.6. The number of aryl methyl sites for hydroxylation is 1. The molecule has 0 saturated carbocycles. The van der Waals surface area contributed by atoms with Gasteiger partial charge in [0.25, 0.3) is 10.0 Å². The number of carbonyl (C=O) groups is 1. The van der Waals surface area contributed by atoms with Crippen molar-refractivity contribution in [1.82, 2.24) is 5.32 Å². The second kappa shape index (κ2) is 9.28. The first-order chi connectivity index (χ1) is 15.4. The predicted molar refractivity (Wildman–Crippen MR) is 125 cm³/mol. The number of amides is 1. The molecular formula is C25H24N2O4S. The molecule has 0 saturated heterocycles. The number of ether oxygens (including phenoxy) is 1. The topological polar surface area (TPSA) is 84.5 Å². The maximum absolute atomic E-state index is 12.6. The van der Waals surface area contributed by atoms with E-state index in [2.05, 4.69) is 22.2 Å². The van der Waals surface area contributed by atoms with Crippen LogP contribution in [0.2, 0.25) is 0 Å². The molecule has 7 heteroatoms. The molecule has 1 aliphatic carbocycles. The minimum Gasteiger partial charge on any atom is -0.497 e. The third-order valence-electron chi connectivity index (χ3n) is 5.41. The summed E-state index contributed by atoms with van der Waals surface area (Å²) in [4.78, 5) is 12.5. The van der Waals surface area contributed by atoms with Gasteiger partial charge in [-0.25, -0.2) is 8.42 Å². The summed E-state index contributed by atoms with van der Waals surface area (Å²) < 4.78 is 32.8. The summed E-state index contributed by atoms with van der Waals surface area (Å²) in [5.74, 6) is 0.467. The molecule has 1 atom stereocenters. The van der Waals surface area contributed by atoms with E-state index in [0.717, 1.165) is 18.4 Å². The molecule has 0 fully saturated rings. The van der Waals surface area contributed by atoms with Gasteiger partial charge in [-0.1, -0.05) is 36.4 Å². The van der Waals surface area contributed by atoms with Crippen molar-refractivity contribution in [3.8, 4) is 5.75 Å². The van der Waals surface area contributed by atoms with E-state index in [1.54, 1.807) is 49.6 Å². The Morgan fingerprint density at radius 2 is 1.72 bits per heavy atom. The largest absolute Gasteiger partial charge is 0.497 e. The maximum Gasteiger partial charge on any atom is 0.261 e. The van der Waals surface area contributed by atoms with Crippen molar-refractivity contribution in [3.63, 3.8) is 0 Å². The number of methoxy groups -OCH3 is 1. The Bertz CT molecular complexity index is 1230. The van der Waals surface area contributed by atoms with Gasteiger partial charge >= 0.3 is 0 Å². The highest BCUT2D eigenvalue weighted by molar-refractivity contribution is 7.92. The van der Waals surface area contributed by atoms with Gasteiger partial charge in [0, 0.05) is 11.8 Å². The average Bonchev–Trinajstić information content (AvgIpc) is 3.21. The fourth-order valence-corrected chi connectivity index (χ4v) is 4.79. The molecule has 164 valence electrons. The van der Waals surface area contributed by atoms with Crippen molar-refractivity contribution < 1.29 is 17.9 Å². The van der Waals surface area contributed by atoms with Gasteiger partial charge in [-0.2, -0.15) is 0 Å². The molecule has 0 aromatic heterocycles. The molecule has 0 aliphatic heterocycles. The lowest BCUT2D eigenvalue weighted by Gasteiger charge is -2.12. The summed E-state index contributed by atoms with van der Waals surface area (Å²) >= 11 is 0. The lowest BCUT2D eigenvalue weighted by atomic mass is 10.1. The molecule has 3 aromatic carbocycles. The fraction of sp³-hybridized carbons (Fsp3) is 0.160. The van der Waals surface area contributed by atoms with Crippen LogP contribution in [0.25, 0.3) is 6.08 Å². The summed E-state index contributed by atoms with van der Waals surface area (Å²) in [5, 5.41) is 3.04. The highest BCUT2D eigenvalue weighted by Crippen LogP contribution is 2.30. The molecule has 0 bridgehead atoms. The van der Waals surface area contributed by atoms with Gasteiger partial charge in [-0.05, 0) is 72.0 Å². The summed E-state index contributed by atoms with van der Waals surface area (Å²) in [6, 6.07) is 21.2. The minimum atomic E-state index is -3.72. The Kier molecular flexibility index (Phi) is 6.28. The number of hydrogen-bond acceptors (Lipinski definition) is 4. The van der Waals surface area contributed by atoms with Gasteiger partial charge in [0.15, 0.2) is 0 Å². The standard InChI is InChI=1S/C25H24N2O4S/c1-31-21-12-10-20(11-13-21)27-32(29,30)22-14-6-18(7-15-22)8-17-25(28)26-24-16-9-19-4-2-3-5-23(19)24/h2-8,10-15,17,24,27H,9,16H2,1H3,(H,26,28)/b17-8+. The van der Waals surface area contributed by atoms with Gasteiger partial charge in [0.2, 0.25) is 5.91 Å². The van der Waals surface area contributed by atoms with Crippen LogP contribution in [0.15, 0.2) is 83.8 Å². The van der Waals surface area contributed by atoms with Crippen LogP contribution in [0.5, 0.6) is 5.75 Å². The highest BCUT2D eigenvalue weighted by Gasteiger charge is 2.22. The van der Waals surface area contributed by atoms with Crippen LogP contribution in [0.3, 0.4) is 0 Å². The Balaban J connectivity index is 1.37. The molecule has 4 rings (SSSR count). The number of hydrogen-bond donors (Lipinski definition) is 2. The molecule has 32 heavy (non-hydrogen) atoms. The Hall–Kier alpha value is -3.58. The van der Waals surface area contributed by atoms with E-state index < -0.39 is 10.0 Å². The monoisotopic (exact) mass is 448 g/mol. The van der Waals surface area contributed by atoms with Crippen molar-refractivity contribution >= 4 is 27.7 Å². The zero-order valence-electron chi connectivity index (χ0n) is 17.6. The van der Waals surface area contributed by atoms with E-state index in [1.165, 1.54) is 29.3 Å². The third kappa shape index (κ3) is 5.00. The zero-order valence-corrected chi connectivity index (χ0v) is 18.4. The molecule has 1 unspecified atom stereocenters. The van der Waals surface area contributed by atoms with Crippen LogP contribution in [0.4, 0.5) is 5.69 Å². The van der Waals surface area contributed by atoms with E-state index in [-0.39, 0.29) is 16.8 Å². The van der Waals surface area contributed by atoms with Crippen molar-refractivity contribution in [3.05, 3.63) is 95.6 Å². The van der Waals surface area contributed by atoms with Crippen molar-refractivity contribution in [1.29, 1.82) is 0 Å². The van der Waals surface area contributed by atoms with E-state index in [1.807, 2.05) is 12.1 Å². The number of benzene rings is 3. The van der Waals surface area contributed by atoms with E-state index in [4.69, 9.17) is 4.74 Å². The van der Waals surface area contributed by atoms with Crippen molar-refractivity contribution in [2.24, 2.45) is 0 Å². The van der Waals surface area contributed by atoms with Crippen LogP contribution >= 0.6 is 0 Å². The first-order valence-electron chi connectivity index (χ1n) is 10.3. The molecule has 2 N–H and O–H groups in total. The lowest BCUT2D eigenvalue weighted by molar-refractivity contribution is -0.117. The number of carbonyl (C=O) groups excluding carboxylic acids is 1. The maximum atomic E-state index is 12.6. The molecule has 1 amide bonds. The SMILES string of the molecule is COc1ccc(NS(=O)(=O)c2ccc(/C=C/C(=O)NC3CCc4ccccc43)cc2)cc1. The Morgan fingerprint density at radius 1 is 1.00 bits per heavy atom. The number of nitrogens with one attached hydrogen (secondary N) is 2. The Labute approximate surface area is 188 Å². The molecule has 6 nitrogen and oxygen atoms in total. The average molecular weight is 449 g/mol. The quantitative estimate of drug-likeness (QED) is 0.528. The summed E-state index contributed by atoms with van der Waals surface area (Å²) in [7, 11) is -2.17. The van der Waals surface area contributed by atoms with Crippen LogP contribution in [0, 0.1) is 0 Å². The molecule has 0 spiro atoms. The summed E-state index contributed by atoms with van der Waals surface area (Å²) in [6.07, 6.45) is 5.00. The van der Waals surface area contributed by atoms with E-state index >= 15 is 0 Å². The van der Waals surface area contributed by atoms with Crippen LogP contribution in [-0.4, -0.2) is 21.4 Å². The third-order valence-corrected chi connectivity index (χ3v) is 6.81. The second-order valence-corrected chi connectivity index (χ2v) is 9.22. The summed E-state index contributed by atoms with van der Waals surface area (Å²) in [6.45, 7) is 0. The Morgan fingerprint density at radius 3 is 2.44 bits per heavy atom. The van der Waals surface area contributed by atoms with Gasteiger partial charge in [-0.15, -0.1) is 0 Å². The van der Waals surface area contributed by atoms with Gasteiger partial charge in [0.1, 0.15) is 5.75 Å². The first-order valence-corrected chi connectivity index (χ1v) is 11.8. The van der Waals surface area contributed by atoms with Crippen molar-refractivity contribution in [2.75, 3.05) is 11.8 Å².